The number of aliphatic carboxylic acids is 1. The van der Waals surface area contributed by atoms with E-state index in [-0.39, 0.29) is 24.5 Å². The first-order valence-electron chi connectivity index (χ1n) is 6.73. The summed E-state index contributed by atoms with van der Waals surface area (Å²) in [4.78, 5) is 22.2. The summed E-state index contributed by atoms with van der Waals surface area (Å²) in [5, 5.41) is 14.1. The Bertz CT molecular complexity index is 456. The van der Waals surface area contributed by atoms with Crippen LogP contribution in [0.25, 0.3) is 0 Å². The van der Waals surface area contributed by atoms with Crippen LogP contribution in [-0.4, -0.2) is 23.1 Å². The molecule has 3 N–H and O–H groups in total. The number of carbonyl (C=O) groups is 2. The summed E-state index contributed by atoms with van der Waals surface area (Å²) < 4.78 is 5.43. The maximum atomic E-state index is 11.8. The van der Waals surface area contributed by atoms with Crippen LogP contribution in [0.5, 0.6) is 0 Å². The van der Waals surface area contributed by atoms with E-state index in [0.717, 1.165) is 5.76 Å². The lowest BCUT2D eigenvalue weighted by atomic mass is 10.1. The fourth-order valence-electron chi connectivity index (χ4n) is 1.85. The molecule has 1 heterocycles. The van der Waals surface area contributed by atoms with Crippen molar-refractivity contribution in [2.24, 2.45) is 0 Å². The highest BCUT2D eigenvalue weighted by Crippen LogP contribution is 2.15. The van der Waals surface area contributed by atoms with Crippen molar-refractivity contribution < 1.29 is 19.1 Å². The molecule has 0 aliphatic carbocycles. The van der Waals surface area contributed by atoms with Crippen LogP contribution in [-0.2, 0) is 4.79 Å². The van der Waals surface area contributed by atoms with Gasteiger partial charge in [0.15, 0.2) is 0 Å². The SMILES string of the molecule is Cc1ccc(C(C)NC(=O)NC(C)CCCC(=O)O)o1. The molecule has 0 aliphatic rings. The molecular weight excluding hydrogens is 260 g/mol. The zero-order valence-electron chi connectivity index (χ0n) is 12.1. The highest BCUT2D eigenvalue weighted by Gasteiger charge is 2.14. The Balaban J connectivity index is 2.30. The minimum absolute atomic E-state index is 0.0695. The van der Waals surface area contributed by atoms with Crippen LogP contribution in [0.15, 0.2) is 16.5 Å². The van der Waals surface area contributed by atoms with E-state index < -0.39 is 5.97 Å². The summed E-state index contributed by atoms with van der Waals surface area (Å²) >= 11 is 0. The lowest BCUT2D eigenvalue weighted by Gasteiger charge is -2.17. The molecule has 1 aromatic heterocycles. The largest absolute Gasteiger partial charge is 0.481 e. The van der Waals surface area contributed by atoms with Gasteiger partial charge in [-0.15, -0.1) is 0 Å². The normalized spacial score (nSPS) is 13.6. The van der Waals surface area contributed by atoms with Crippen LogP contribution in [0.2, 0.25) is 0 Å². The lowest BCUT2D eigenvalue weighted by Crippen LogP contribution is -2.41. The number of amides is 2. The molecule has 0 spiro atoms. The van der Waals surface area contributed by atoms with Crippen molar-refractivity contribution in [2.45, 2.75) is 52.1 Å². The molecule has 0 aliphatic heterocycles. The number of hydrogen-bond acceptors (Lipinski definition) is 3. The fourth-order valence-corrected chi connectivity index (χ4v) is 1.85. The Morgan fingerprint density at radius 1 is 1.30 bits per heavy atom. The fraction of sp³-hybridized carbons (Fsp3) is 0.571. The summed E-state index contributed by atoms with van der Waals surface area (Å²) in [6, 6.07) is 3.11. The quantitative estimate of drug-likeness (QED) is 0.716. The van der Waals surface area contributed by atoms with E-state index in [4.69, 9.17) is 9.52 Å². The van der Waals surface area contributed by atoms with Gasteiger partial charge in [0.1, 0.15) is 11.5 Å². The van der Waals surface area contributed by atoms with Gasteiger partial charge in [0, 0.05) is 12.5 Å². The first-order valence-corrected chi connectivity index (χ1v) is 6.73. The van der Waals surface area contributed by atoms with E-state index >= 15 is 0 Å². The molecule has 20 heavy (non-hydrogen) atoms. The van der Waals surface area contributed by atoms with Gasteiger partial charge in [0.2, 0.25) is 0 Å². The molecule has 2 amide bonds. The van der Waals surface area contributed by atoms with Gasteiger partial charge in [-0.1, -0.05) is 0 Å². The predicted octanol–water partition coefficient (Wildman–Crippen LogP) is 2.59. The Kier molecular flexibility index (Phi) is 6.09. The van der Waals surface area contributed by atoms with Gasteiger partial charge in [-0.05, 0) is 45.7 Å². The average molecular weight is 282 g/mol. The summed E-state index contributed by atoms with van der Waals surface area (Å²) in [5.41, 5.74) is 0. The van der Waals surface area contributed by atoms with Crippen LogP contribution >= 0.6 is 0 Å². The molecule has 0 aromatic carbocycles. The molecule has 6 nitrogen and oxygen atoms in total. The number of carboxylic acids is 1. The van der Waals surface area contributed by atoms with E-state index in [1.165, 1.54) is 0 Å². The van der Waals surface area contributed by atoms with Gasteiger partial charge in [0.25, 0.3) is 0 Å². The Hall–Kier alpha value is -1.98. The first kappa shape index (κ1) is 16.1. The number of carbonyl (C=O) groups excluding carboxylic acids is 1. The molecular formula is C14H22N2O4. The van der Waals surface area contributed by atoms with Gasteiger partial charge >= 0.3 is 12.0 Å². The van der Waals surface area contributed by atoms with Gasteiger partial charge in [-0.2, -0.15) is 0 Å². The van der Waals surface area contributed by atoms with Gasteiger partial charge in [-0.3, -0.25) is 4.79 Å². The monoisotopic (exact) mass is 282 g/mol. The van der Waals surface area contributed by atoms with Gasteiger partial charge in [-0.25, -0.2) is 4.79 Å². The molecule has 0 saturated carbocycles. The Labute approximate surface area is 118 Å². The highest BCUT2D eigenvalue weighted by atomic mass is 16.4. The van der Waals surface area contributed by atoms with E-state index in [1.807, 2.05) is 32.9 Å². The third-order valence-corrected chi connectivity index (χ3v) is 2.94. The molecule has 2 unspecified atom stereocenters. The average Bonchev–Trinajstić information content (AvgIpc) is 2.75. The van der Waals surface area contributed by atoms with Crippen molar-refractivity contribution >= 4 is 12.0 Å². The summed E-state index contributed by atoms with van der Waals surface area (Å²) in [6.07, 6.45) is 1.30. The molecule has 2 atom stereocenters. The van der Waals surface area contributed by atoms with E-state index in [0.29, 0.717) is 18.6 Å². The van der Waals surface area contributed by atoms with Crippen molar-refractivity contribution in [3.05, 3.63) is 23.7 Å². The Morgan fingerprint density at radius 3 is 2.55 bits per heavy atom. The maximum Gasteiger partial charge on any atom is 0.315 e. The molecule has 1 rings (SSSR count). The molecule has 0 bridgehead atoms. The zero-order valence-corrected chi connectivity index (χ0v) is 12.1. The summed E-state index contributed by atoms with van der Waals surface area (Å²) in [7, 11) is 0. The van der Waals surface area contributed by atoms with Crippen molar-refractivity contribution in [2.75, 3.05) is 0 Å². The van der Waals surface area contributed by atoms with Crippen molar-refractivity contribution in [1.82, 2.24) is 10.6 Å². The second-order valence-electron chi connectivity index (χ2n) is 4.97. The lowest BCUT2D eigenvalue weighted by molar-refractivity contribution is -0.137. The van der Waals surface area contributed by atoms with Crippen molar-refractivity contribution in [3.8, 4) is 0 Å². The number of carboxylic acid groups (broad SMARTS) is 1. The zero-order chi connectivity index (χ0) is 15.1. The smallest absolute Gasteiger partial charge is 0.315 e. The second-order valence-corrected chi connectivity index (χ2v) is 4.97. The maximum absolute atomic E-state index is 11.8. The number of nitrogens with one attached hydrogen (secondary N) is 2. The molecule has 6 heteroatoms. The number of aryl methyl sites for hydroxylation is 1. The number of rotatable bonds is 7. The number of furan rings is 1. The minimum atomic E-state index is -0.816. The van der Waals surface area contributed by atoms with Crippen LogP contribution in [0, 0.1) is 6.92 Å². The van der Waals surface area contributed by atoms with Crippen molar-refractivity contribution in [1.29, 1.82) is 0 Å². The van der Waals surface area contributed by atoms with E-state index in [1.54, 1.807) is 0 Å². The summed E-state index contributed by atoms with van der Waals surface area (Å²) in [5.74, 6) is 0.691. The predicted molar refractivity (Wildman–Crippen MR) is 74.5 cm³/mol. The van der Waals surface area contributed by atoms with Crippen LogP contribution in [0.3, 0.4) is 0 Å². The first-order chi connectivity index (χ1) is 9.38. The summed E-state index contributed by atoms with van der Waals surface area (Å²) in [6.45, 7) is 5.54. The molecule has 0 fully saturated rings. The third-order valence-electron chi connectivity index (χ3n) is 2.94. The van der Waals surface area contributed by atoms with E-state index in [2.05, 4.69) is 10.6 Å². The van der Waals surface area contributed by atoms with Gasteiger partial charge in [0.05, 0.1) is 6.04 Å². The topological polar surface area (TPSA) is 91.6 Å². The third kappa shape index (κ3) is 5.77. The Morgan fingerprint density at radius 2 is 2.00 bits per heavy atom. The van der Waals surface area contributed by atoms with Gasteiger partial charge < -0.3 is 20.2 Å². The molecule has 112 valence electrons. The number of urea groups is 1. The van der Waals surface area contributed by atoms with E-state index in [9.17, 15) is 9.59 Å². The van der Waals surface area contributed by atoms with Crippen LogP contribution < -0.4 is 10.6 Å². The van der Waals surface area contributed by atoms with Crippen LogP contribution in [0.1, 0.15) is 50.7 Å². The number of hydrogen-bond donors (Lipinski definition) is 3. The minimum Gasteiger partial charge on any atom is -0.481 e. The molecule has 0 saturated heterocycles. The van der Waals surface area contributed by atoms with Crippen LogP contribution in [0.4, 0.5) is 4.79 Å². The standard InChI is InChI=1S/C14H22N2O4/c1-9(5-4-6-13(17)18)15-14(19)16-11(3)12-8-7-10(2)20-12/h7-9,11H,4-6H2,1-3H3,(H,17,18)(H2,15,16,19). The second kappa shape index (κ2) is 7.57. The van der Waals surface area contributed by atoms with Crippen molar-refractivity contribution in [3.63, 3.8) is 0 Å². The molecule has 1 aromatic rings. The molecule has 0 radical (unpaired) electrons. The highest BCUT2D eigenvalue weighted by molar-refractivity contribution is 5.74.